The number of urea groups is 1. The number of hydrogen-bond donors (Lipinski definition) is 2. The first kappa shape index (κ1) is 28.0. The Bertz CT molecular complexity index is 1520. The molecule has 0 atom stereocenters. The summed E-state index contributed by atoms with van der Waals surface area (Å²) in [6.45, 7) is 1.58. The number of nitrogens with one attached hydrogen (secondary N) is 2. The Balaban J connectivity index is 1.56. The molecule has 12 heteroatoms. The monoisotopic (exact) mass is 587 g/mol. The SMILES string of the molecule is COc1cc(/C=C2\C(=O)NC(=O)N(c3ccc(Cl)c(Cl)c3)C2=O)cc(Cl)c1OCC(=O)Nc1ccc(C)cc1. The van der Waals surface area contributed by atoms with Crippen molar-refractivity contribution in [1.82, 2.24) is 5.32 Å². The van der Waals surface area contributed by atoms with Crippen molar-refractivity contribution in [1.29, 1.82) is 0 Å². The van der Waals surface area contributed by atoms with E-state index in [0.717, 1.165) is 10.5 Å². The quantitative estimate of drug-likeness (QED) is 0.272. The average Bonchev–Trinajstić information content (AvgIpc) is 2.89. The molecule has 1 aliphatic rings. The van der Waals surface area contributed by atoms with Crippen LogP contribution < -0.4 is 25.0 Å². The number of halogens is 3. The number of amides is 5. The van der Waals surface area contributed by atoms with Gasteiger partial charge in [0.15, 0.2) is 18.1 Å². The molecule has 4 rings (SSSR count). The van der Waals surface area contributed by atoms with Gasteiger partial charge in [-0.1, -0.05) is 52.5 Å². The summed E-state index contributed by atoms with van der Waals surface area (Å²) < 4.78 is 11.0. The summed E-state index contributed by atoms with van der Waals surface area (Å²) in [5, 5.41) is 5.25. The lowest BCUT2D eigenvalue weighted by molar-refractivity contribution is -0.122. The number of carbonyl (C=O) groups is 4. The highest BCUT2D eigenvalue weighted by atomic mass is 35.5. The van der Waals surface area contributed by atoms with Crippen LogP contribution in [0.3, 0.4) is 0 Å². The van der Waals surface area contributed by atoms with Crippen LogP contribution >= 0.6 is 34.8 Å². The molecule has 3 aromatic rings. The van der Waals surface area contributed by atoms with Gasteiger partial charge >= 0.3 is 6.03 Å². The Morgan fingerprint density at radius 3 is 2.36 bits per heavy atom. The second-order valence-electron chi connectivity index (χ2n) is 8.29. The van der Waals surface area contributed by atoms with Crippen LogP contribution in [-0.2, 0) is 14.4 Å². The molecule has 0 bridgehead atoms. The fraction of sp³-hybridized carbons (Fsp3) is 0.111. The van der Waals surface area contributed by atoms with Gasteiger partial charge in [-0.2, -0.15) is 0 Å². The van der Waals surface area contributed by atoms with Crippen molar-refractivity contribution in [3.63, 3.8) is 0 Å². The molecule has 0 saturated carbocycles. The number of barbiturate groups is 1. The molecule has 0 aliphatic carbocycles. The standard InChI is InChI=1S/C27H20Cl3N3O6/c1-14-3-5-16(6-4-14)31-23(34)13-39-24-21(30)10-15(11-22(24)38-2)9-18-25(35)32-27(37)33(26(18)36)17-7-8-19(28)20(29)12-17/h3-12H,13H2,1-2H3,(H,31,34)(H,32,35,37)/b18-9+. The summed E-state index contributed by atoms with van der Waals surface area (Å²) in [5.41, 5.74) is 1.74. The van der Waals surface area contributed by atoms with Crippen molar-refractivity contribution in [2.75, 3.05) is 23.9 Å². The van der Waals surface area contributed by atoms with Gasteiger partial charge in [0.1, 0.15) is 5.57 Å². The number of imide groups is 2. The van der Waals surface area contributed by atoms with E-state index in [0.29, 0.717) is 11.3 Å². The molecule has 200 valence electrons. The molecule has 5 amide bonds. The number of carbonyl (C=O) groups excluding carboxylic acids is 4. The topological polar surface area (TPSA) is 114 Å². The Labute approximate surface area is 238 Å². The van der Waals surface area contributed by atoms with Gasteiger partial charge in [-0.25, -0.2) is 9.69 Å². The van der Waals surface area contributed by atoms with Crippen LogP contribution in [0.15, 0.2) is 60.2 Å². The van der Waals surface area contributed by atoms with E-state index < -0.39 is 23.8 Å². The number of nitrogens with zero attached hydrogens (tertiary/aromatic N) is 1. The van der Waals surface area contributed by atoms with Gasteiger partial charge < -0.3 is 14.8 Å². The van der Waals surface area contributed by atoms with E-state index in [2.05, 4.69) is 10.6 Å². The average molecular weight is 589 g/mol. The van der Waals surface area contributed by atoms with Crippen LogP contribution in [0.5, 0.6) is 11.5 Å². The zero-order valence-corrected chi connectivity index (χ0v) is 22.8. The van der Waals surface area contributed by atoms with E-state index in [9.17, 15) is 19.2 Å². The summed E-state index contributed by atoms with van der Waals surface area (Å²) in [4.78, 5) is 51.3. The van der Waals surface area contributed by atoms with Crippen LogP contribution in [0.4, 0.5) is 16.2 Å². The molecule has 1 aliphatic heterocycles. The van der Waals surface area contributed by atoms with Crippen molar-refractivity contribution in [2.45, 2.75) is 6.92 Å². The fourth-order valence-electron chi connectivity index (χ4n) is 3.62. The lowest BCUT2D eigenvalue weighted by Crippen LogP contribution is -2.54. The number of anilines is 2. The van der Waals surface area contributed by atoms with Crippen LogP contribution in [0.1, 0.15) is 11.1 Å². The van der Waals surface area contributed by atoms with Crippen LogP contribution in [0, 0.1) is 6.92 Å². The highest BCUT2D eigenvalue weighted by Crippen LogP contribution is 2.37. The van der Waals surface area contributed by atoms with Gasteiger partial charge in [-0.05, 0) is 61.0 Å². The molecular formula is C27H20Cl3N3O6. The van der Waals surface area contributed by atoms with Gasteiger partial charge in [0.25, 0.3) is 17.7 Å². The van der Waals surface area contributed by atoms with E-state index in [1.807, 2.05) is 19.1 Å². The summed E-state index contributed by atoms with van der Waals surface area (Å²) in [5.74, 6) is -1.96. The molecule has 1 fully saturated rings. The molecule has 3 aromatic carbocycles. The van der Waals surface area contributed by atoms with Crippen molar-refractivity contribution < 1.29 is 28.7 Å². The van der Waals surface area contributed by atoms with Gasteiger partial charge in [0, 0.05) is 5.69 Å². The molecule has 1 heterocycles. The maximum absolute atomic E-state index is 13.2. The summed E-state index contributed by atoms with van der Waals surface area (Å²) >= 11 is 18.4. The number of benzene rings is 3. The second kappa shape index (κ2) is 11.8. The van der Waals surface area contributed by atoms with E-state index in [-0.39, 0.29) is 44.4 Å². The summed E-state index contributed by atoms with van der Waals surface area (Å²) in [6, 6.07) is 13.4. The minimum Gasteiger partial charge on any atom is -0.493 e. The lowest BCUT2D eigenvalue weighted by Gasteiger charge is -2.26. The third kappa shape index (κ3) is 6.34. The highest BCUT2D eigenvalue weighted by molar-refractivity contribution is 6.43. The number of rotatable bonds is 7. The molecule has 2 N–H and O–H groups in total. The van der Waals surface area contributed by atoms with Crippen molar-refractivity contribution >= 4 is 76.0 Å². The van der Waals surface area contributed by atoms with Gasteiger partial charge in [-0.3, -0.25) is 19.7 Å². The Morgan fingerprint density at radius 2 is 1.69 bits per heavy atom. The normalized spacial score (nSPS) is 14.3. The third-order valence-electron chi connectivity index (χ3n) is 5.51. The minimum absolute atomic E-state index is 0.0606. The Hall–Kier alpha value is -4.05. The largest absolute Gasteiger partial charge is 0.493 e. The first-order valence-corrected chi connectivity index (χ1v) is 12.4. The smallest absolute Gasteiger partial charge is 0.335 e. The Kier molecular flexibility index (Phi) is 8.44. The summed E-state index contributed by atoms with van der Waals surface area (Å²) in [7, 11) is 1.37. The highest BCUT2D eigenvalue weighted by Gasteiger charge is 2.37. The van der Waals surface area contributed by atoms with E-state index in [1.54, 1.807) is 12.1 Å². The zero-order chi connectivity index (χ0) is 28.3. The molecule has 9 nitrogen and oxygen atoms in total. The fourth-order valence-corrected chi connectivity index (χ4v) is 4.18. The van der Waals surface area contributed by atoms with Gasteiger partial charge in [-0.15, -0.1) is 0 Å². The first-order valence-electron chi connectivity index (χ1n) is 11.3. The van der Waals surface area contributed by atoms with E-state index in [4.69, 9.17) is 44.3 Å². The molecule has 0 spiro atoms. The van der Waals surface area contributed by atoms with Gasteiger partial charge in [0.2, 0.25) is 0 Å². The third-order valence-corrected chi connectivity index (χ3v) is 6.53. The maximum atomic E-state index is 13.2. The zero-order valence-electron chi connectivity index (χ0n) is 20.5. The van der Waals surface area contributed by atoms with E-state index in [1.165, 1.54) is 43.5 Å². The predicted molar refractivity (Wildman–Crippen MR) is 149 cm³/mol. The van der Waals surface area contributed by atoms with Crippen LogP contribution in [0.2, 0.25) is 15.1 Å². The first-order chi connectivity index (χ1) is 18.6. The van der Waals surface area contributed by atoms with Gasteiger partial charge in [0.05, 0.1) is 27.9 Å². The lowest BCUT2D eigenvalue weighted by atomic mass is 10.1. The second-order valence-corrected chi connectivity index (χ2v) is 9.51. The number of methoxy groups -OCH3 is 1. The molecule has 39 heavy (non-hydrogen) atoms. The van der Waals surface area contributed by atoms with E-state index >= 15 is 0 Å². The van der Waals surface area contributed by atoms with Crippen molar-refractivity contribution in [2.24, 2.45) is 0 Å². The number of hydrogen-bond acceptors (Lipinski definition) is 6. The van der Waals surface area contributed by atoms with Crippen molar-refractivity contribution in [3.05, 3.63) is 86.4 Å². The Morgan fingerprint density at radius 1 is 0.974 bits per heavy atom. The van der Waals surface area contributed by atoms with Crippen LogP contribution in [-0.4, -0.2) is 37.5 Å². The number of ether oxygens (including phenoxy) is 2. The molecular weight excluding hydrogens is 569 g/mol. The van der Waals surface area contributed by atoms with Crippen molar-refractivity contribution in [3.8, 4) is 11.5 Å². The van der Waals surface area contributed by atoms with Crippen LogP contribution in [0.25, 0.3) is 6.08 Å². The molecule has 0 unspecified atom stereocenters. The number of aryl methyl sites for hydroxylation is 1. The minimum atomic E-state index is -0.941. The molecule has 0 aromatic heterocycles. The summed E-state index contributed by atoms with van der Waals surface area (Å²) in [6.07, 6.45) is 1.25. The maximum Gasteiger partial charge on any atom is 0.335 e. The molecule has 1 saturated heterocycles. The molecule has 0 radical (unpaired) electrons. The predicted octanol–water partition coefficient (Wildman–Crippen LogP) is 5.65.